The van der Waals surface area contributed by atoms with Gasteiger partial charge in [0.05, 0.1) is 5.75 Å². The summed E-state index contributed by atoms with van der Waals surface area (Å²) in [7, 11) is -4.37. The van der Waals surface area contributed by atoms with Crippen molar-refractivity contribution in [2.75, 3.05) is 5.75 Å². The summed E-state index contributed by atoms with van der Waals surface area (Å²) in [5, 5.41) is 3.93. The molecule has 0 bridgehead atoms. The molecule has 0 spiro atoms. The first-order chi connectivity index (χ1) is 6.03. The van der Waals surface area contributed by atoms with Crippen LogP contribution in [0, 0.1) is 0 Å². The molecule has 0 atom stereocenters. The number of hydrogen-bond acceptors (Lipinski definition) is 3. The maximum absolute atomic E-state index is 12.2. The van der Waals surface area contributed by atoms with Gasteiger partial charge in [0, 0.05) is 24.9 Å². The summed E-state index contributed by atoms with van der Waals surface area (Å²) in [6, 6.07) is 1.69. The van der Waals surface area contributed by atoms with Gasteiger partial charge in [-0.2, -0.15) is 13.5 Å². The fraction of sp³-hybridized carbons (Fsp3) is 0.571. The molecule has 1 aromatic rings. The Morgan fingerprint density at radius 2 is 2.31 bits per heavy atom. The van der Waals surface area contributed by atoms with Gasteiger partial charge in [0.25, 0.3) is 0 Å². The van der Waals surface area contributed by atoms with Gasteiger partial charge in [0.2, 0.25) is 0 Å². The molecule has 0 aromatic carbocycles. The quantitative estimate of drug-likeness (QED) is 0.683. The van der Waals surface area contributed by atoms with Gasteiger partial charge in [-0.1, -0.05) is 0 Å². The lowest BCUT2D eigenvalue weighted by Crippen LogP contribution is -2.08. The van der Waals surface area contributed by atoms with Crippen molar-refractivity contribution in [2.24, 2.45) is 0 Å². The van der Waals surface area contributed by atoms with E-state index in [1.54, 1.807) is 16.9 Å². The molecule has 1 heterocycles. The second-order valence-corrected chi connectivity index (χ2v) is 4.12. The van der Waals surface area contributed by atoms with E-state index >= 15 is 0 Å². The molecule has 0 saturated carbocycles. The second kappa shape index (κ2) is 3.87. The maximum Gasteiger partial charge on any atom is 0.302 e. The number of aromatic nitrogens is 2. The van der Waals surface area contributed by atoms with Gasteiger partial charge in [-0.3, -0.25) is 4.68 Å². The Hall–Kier alpha value is -0.910. The molecule has 0 unspecified atom stereocenters. The smallest absolute Gasteiger partial charge is 0.270 e. The molecule has 0 fully saturated rings. The monoisotopic (exact) mass is 206 g/mol. The fourth-order valence-electron chi connectivity index (χ4n) is 1.08. The third-order valence-corrected chi connectivity index (χ3v) is 2.40. The van der Waals surface area contributed by atoms with Crippen molar-refractivity contribution in [2.45, 2.75) is 19.9 Å². The predicted octanol–water partition coefficient (Wildman–Crippen LogP) is 0.745. The normalized spacial score (nSPS) is 11.8. The molecule has 0 aliphatic carbocycles. The molecule has 6 heteroatoms. The number of rotatable bonds is 4. The molecule has 0 amide bonds. The number of hydrogen-bond donors (Lipinski definition) is 0. The molecule has 1 rings (SSSR count). The lowest BCUT2D eigenvalue weighted by molar-refractivity contribution is 0.548. The highest BCUT2D eigenvalue weighted by molar-refractivity contribution is 7.86. The summed E-state index contributed by atoms with van der Waals surface area (Å²) >= 11 is 0. The predicted molar refractivity (Wildman–Crippen MR) is 46.5 cm³/mol. The van der Waals surface area contributed by atoms with E-state index in [9.17, 15) is 12.3 Å². The molecule has 13 heavy (non-hydrogen) atoms. The van der Waals surface area contributed by atoms with Crippen LogP contribution in [0.2, 0.25) is 0 Å². The van der Waals surface area contributed by atoms with E-state index in [0.717, 1.165) is 5.69 Å². The van der Waals surface area contributed by atoms with Gasteiger partial charge < -0.3 is 0 Å². The minimum absolute atomic E-state index is 0.173. The molecule has 0 aliphatic heterocycles. The van der Waals surface area contributed by atoms with Crippen LogP contribution in [0.15, 0.2) is 12.3 Å². The van der Waals surface area contributed by atoms with Gasteiger partial charge in [-0.25, -0.2) is 0 Å². The molecular formula is C7H11FN2O2S. The van der Waals surface area contributed by atoms with Crippen molar-refractivity contribution in [3.05, 3.63) is 18.0 Å². The Balaban J connectivity index is 2.64. The zero-order chi connectivity index (χ0) is 9.90. The first-order valence-electron chi connectivity index (χ1n) is 3.96. The van der Waals surface area contributed by atoms with Gasteiger partial charge >= 0.3 is 10.2 Å². The molecule has 0 aliphatic rings. The van der Waals surface area contributed by atoms with Crippen molar-refractivity contribution in [3.63, 3.8) is 0 Å². The van der Waals surface area contributed by atoms with E-state index in [2.05, 4.69) is 5.10 Å². The van der Waals surface area contributed by atoms with Crippen molar-refractivity contribution >= 4 is 10.2 Å². The summed E-state index contributed by atoms with van der Waals surface area (Å²) in [4.78, 5) is 0. The van der Waals surface area contributed by atoms with Crippen LogP contribution in [-0.2, 0) is 23.2 Å². The first-order valence-corrected chi connectivity index (χ1v) is 5.51. The van der Waals surface area contributed by atoms with Gasteiger partial charge in [-0.05, 0) is 13.0 Å². The van der Waals surface area contributed by atoms with E-state index in [1.807, 2.05) is 6.92 Å². The molecule has 0 saturated heterocycles. The summed E-state index contributed by atoms with van der Waals surface area (Å²) in [6.45, 7) is 2.55. The van der Waals surface area contributed by atoms with Crippen molar-refractivity contribution < 1.29 is 12.3 Å². The highest BCUT2D eigenvalue weighted by Crippen LogP contribution is 2.03. The lowest BCUT2D eigenvalue weighted by Gasteiger charge is -2.01. The zero-order valence-corrected chi connectivity index (χ0v) is 8.09. The van der Waals surface area contributed by atoms with Crippen LogP contribution in [0.5, 0.6) is 0 Å². The molecular weight excluding hydrogens is 195 g/mol. The largest absolute Gasteiger partial charge is 0.302 e. The van der Waals surface area contributed by atoms with Crippen molar-refractivity contribution in [1.29, 1.82) is 0 Å². The van der Waals surface area contributed by atoms with Crippen LogP contribution in [0.25, 0.3) is 0 Å². The second-order valence-electron chi connectivity index (χ2n) is 2.63. The van der Waals surface area contributed by atoms with Crippen molar-refractivity contribution in [3.8, 4) is 0 Å². The summed E-state index contributed by atoms with van der Waals surface area (Å²) in [5.41, 5.74) is 0.740. The number of aryl methyl sites for hydroxylation is 2. The third kappa shape index (κ3) is 3.14. The molecule has 1 aromatic heterocycles. The van der Waals surface area contributed by atoms with E-state index in [4.69, 9.17) is 0 Å². The summed E-state index contributed by atoms with van der Waals surface area (Å²) < 4.78 is 34.3. The Bertz CT molecular complexity index is 372. The van der Waals surface area contributed by atoms with Crippen molar-refractivity contribution in [1.82, 2.24) is 9.78 Å². The fourth-order valence-corrected chi connectivity index (χ4v) is 1.54. The topological polar surface area (TPSA) is 52.0 Å². The van der Waals surface area contributed by atoms with Crippen LogP contribution in [0.4, 0.5) is 3.89 Å². The Morgan fingerprint density at radius 3 is 2.85 bits per heavy atom. The van der Waals surface area contributed by atoms with E-state index in [1.165, 1.54) is 0 Å². The van der Waals surface area contributed by atoms with Gasteiger partial charge in [0.1, 0.15) is 0 Å². The third-order valence-electron chi connectivity index (χ3n) is 1.71. The number of nitrogens with zero attached hydrogens (tertiary/aromatic N) is 2. The molecule has 74 valence electrons. The Kier molecular flexibility index (Phi) is 3.02. The Morgan fingerprint density at radius 1 is 1.62 bits per heavy atom. The average molecular weight is 206 g/mol. The maximum atomic E-state index is 12.2. The highest BCUT2D eigenvalue weighted by Gasteiger charge is 2.09. The zero-order valence-electron chi connectivity index (χ0n) is 7.27. The van der Waals surface area contributed by atoms with Gasteiger partial charge in [-0.15, -0.1) is 3.89 Å². The van der Waals surface area contributed by atoms with Crippen LogP contribution < -0.4 is 0 Å². The van der Waals surface area contributed by atoms with Gasteiger partial charge in [0.15, 0.2) is 0 Å². The summed E-state index contributed by atoms with van der Waals surface area (Å²) in [5.74, 6) is -0.474. The van der Waals surface area contributed by atoms with Crippen LogP contribution >= 0.6 is 0 Å². The minimum atomic E-state index is -4.37. The molecule has 0 N–H and O–H groups in total. The van der Waals surface area contributed by atoms with E-state index < -0.39 is 16.0 Å². The highest BCUT2D eigenvalue weighted by atomic mass is 32.3. The molecule has 0 radical (unpaired) electrons. The average Bonchev–Trinajstić information content (AvgIpc) is 2.46. The van der Waals surface area contributed by atoms with E-state index in [-0.39, 0.29) is 6.42 Å². The van der Waals surface area contributed by atoms with Crippen LogP contribution in [0.1, 0.15) is 12.6 Å². The van der Waals surface area contributed by atoms with E-state index in [0.29, 0.717) is 6.54 Å². The SMILES string of the molecule is CCn1nccc1CCS(=O)(=O)F. The first kappa shape index (κ1) is 10.2. The lowest BCUT2D eigenvalue weighted by atomic mass is 10.3. The minimum Gasteiger partial charge on any atom is -0.270 e. The Labute approximate surface area is 76.6 Å². The van der Waals surface area contributed by atoms with Crippen LogP contribution in [0.3, 0.4) is 0 Å². The molecule has 4 nitrogen and oxygen atoms in total. The number of halogens is 1. The standard InChI is InChI=1S/C7H11FN2O2S/c1-2-10-7(3-5-9-10)4-6-13(8,11)12/h3,5H,2,4,6H2,1H3. The van der Waals surface area contributed by atoms with Crippen LogP contribution in [-0.4, -0.2) is 24.0 Å². The summed E-state index contributed by atoms with van der Waals surface area (Å²) in [6.07, 6.45) is 1.75.